The normalized spacial score (nSPS) is 16.6. The van der Waals surface area contributed by atoms with Gasteiger partial charge in [0.1, 0.15) is 17.6 Å². The van der Waals surface area contributed by atoms with Gasteiger partial charge in [-0.25, -0.2) is 4.68 Å². The number of methoxy groups -OCH3 is 1. The maximum absolute atomic E-state index is 12.7. The average Bonchev–Trinajstić information content (AvgIpc) is 3.52. The summed E-state index contributed by atoms with van der Waals surface area (Å²) < 4.78 is 7.08. The molecule has 5 rings (SSSR count). The molecule has 3 heterocycles. The second-order valence-electron chi connectivity index (χ2n) is 7.04. The lowest BCUT2D eigenvalue weighted by atomic mass is 10.1. The molecule has 0 unspecified atom stereocenters. The van der Waals surface area contributed by atoms with E-state index in [1.54, 1.807) is 16.7 Å². The number of carbonyl (C=O) groups excluding carboxylic acids is 1. The summed E-state index contributed by atoms with van der Waals surface area (Å²) >= 11 is 0. The monoisotopic (exact) mass is 388 g/mol. The minimum atomic E-state index is -0.135. The lowest BCUT2D eigenvalue weighted by Crippen LogP contribution is -2.36. The van der Waals surface area contributed by atoms with Crippen molar-refractivity contribution in [3.8, 4) is 17.1 Å². The molecule has 1 amide bonds. The smallest absolute Gasteiger partial charge is 0.255 e. The fourth-order valence-corrected chi connectivity index (χ4v) is 3.79. The molecule has 4 aromatic rings. The van der Waals surface area contributed by atoms with E-state index in [0.717, 1.165) is 41.7 Å². The number of aromatic nitrogens is 5. The Balaban J connectivity index is 1.39. The molecule has 0 spiro atoms. The Hall–Kier alpha value is -3.52. The van der Waals surface area contributed by atoms with Crippen molar-refractivity contribution in [3.05, 3.63) is 60.3 Å². The molecule has 1 saturated heterocycles. The molecule has 8 heteroatoms. The van der Waals surface area contributed by atoms with Crippen LogP contribution in [0.4, 0.5) is 0 Å². The zero-order valence-electron chi connectivity index (χ0n) is 15.9. The zero-order chi connectivity index (χ0) is 19.8. The van der Waals surface area contributed by atoms with Gasteiger partial charge in [-0.2, -0.15) is 5.10 Å². The van der Waals surface area contributed by atoms with Crippen LogP contribution in [0.25, 0.3) is 28.0 Å². The number of nitrogens with zero attached hydrogens (tertiary/aromatic N) is 5. The molecule has 146 valence electrons. The summed E-state index contributed by atoms with van der Waals surface area (Å²) in [6.45, 7) is 0.725. The molecule has 2 aromatic carbocycles. The first-order valence-corrected chi connectivity index (χ1v) is 9.54. The molecule has 0 saturated carbocycles. The highest BCUT2D eigenvalue weighted by Gasteiger charge is 2.29. The third-order valence-electron chi connectivity index (χ3n) is 5.32. The van der Waals surface area contributed by atoms with Crippen LogP contribution in [0.5, 0.6) is 0 Å². The number of aromatic amines is 1. The number of carbonyl (C=O) groups is 1. The van der Waals surface area contributed by atoms with Gasteiger partial charge in [-0.1, -0.05) is 23.4 Å². The van der Waals surface area contributed by atoms with Crippen molar-refractivity contribution < 1.29 is 9.53 Å². The van der Waals surface area contributed by atoms with E-state index in [1.165, 1.54) is 0 Å². The quantitative estimate of drug-likeness (QED) is 0.580. The minimum Gasteiger partial charge on any atom is -0.362 e. The molecule has 1 fully saturated rings. The third kappa shape index (κ3) is 3.07. The Morgan fingerprint density at radius 1 is 1.17 bits per heavy atom. The number of amides is 1. The SMILES string of the molecule is CO[C@H]1CCCN1C(=O)c1ccc(-n2cc(-c3n[nH]c4ccccc34)nn2)cc1. The molecule has 0 aliphatic carbocycles. The Kier molecular flexibility index (Phi) is 4.33. The van der Waals surface area contributed by atoms with Crippen molar-refractivity contribution in [2.45, 2.75) is 19.1 Å². The van der Waals surface area contributed by atoms with Crippen molar-refractivity contribution in [3.63, 3.8) is 0 Å². The maximum Gasteiger partial charge on any atom is 0.255 e. The van der Waals surface area contributed by atoms with Gasteiger partial charge in [-0.15, -0.1) is 5.10 Å². The van der Waals surface area contributed by atoms with E-state index in [9.17, 15) is 4.79 Å². The van der Waals surface area contributed by atoms with Crippen LogP contribution in [0.1, 0.15) is 23.2 Å². The van der Waals surface area contributed by atoms with Crippen molar-refractivity contribution in [1.29, 1.82) is 0 Å². The van der Waals surface area contributed by atoms with Crippen LogP contribution in [0.15, 0.2) is 54.7 Å². The van der Waals surface area contributed by atoms with Gasteiger partial charge in [0, 0.05) is 24.6 Å². The third-order valence-corrected chi connectivity index (χ3v) is 5.32. The largest absolute Gasteiger partial charge is 0.362 e. The van der Waals surface area contributed by atoms with Crippen molar-refractivity contribution >= 4 is 16.8 Å². The van der Waals surface area contributed by atoms with Gasteiger partial charge in [0.05, 0.1) is 17.4 Å². The van der Waals surface area contributed by atoms with Gasteiger partial charge in [0.25, 0.3) is 5.91 Å². The van der Waals surface area contributed by atoms with Gasteiger partial charge in [-0.3, -0.25) is 9.89 Å². The van der Waals surface area contributed by atoms with Crippen LogP contribution >= 0.6 is 0 Å². The van der Waals surface area contributed by atoms with E-state index in [-0.39, 0.29) is 12.1 Å². The number of nitrogens with one attached hydrogen (secondary N) is 1. The second-order valence-corrected chi connectivity index (χ2v) is 7.04. The van der Waals surface area contributed by atoms with Crippen molar-refractivity contribution in [2.24, 2.45) is 0 Å². The zero-order valence-corrected chi connectivity index (χ0v) is 15.9. The van der Waals surface area contributed by atoms with Crippen LogP contribution in [0.2, 0.25) is 0 Å². The van der Waals surface area contributed by atoms with E-state index >= 15 is 0 Å². The lowest BCUT2D eigenvalue weighted by Gasteiger charge is -2.23. The summed E-state index contributed by atoms with van der Waals surface area (Å²) in [5, 5.41) is 16.9. The summed E-state index contributed by atoms with van der Waals surface area (Å²) in [6.07, 6.45) is 3.54. The van der Waals surface area contributed by atoms with Gasteiger partial charge in [-0.05, 0) is 43.2 Å². The molecule has 1 atom stereocenters. The van der Waals surface area contributed by atoms with Crippen LogP contribution in [0.3, 0.4) is 0 Å². The van der Waals surface area contributed by atoms with Crippen LogP contribution < -0.4 is 0 Å². The summed E-state index contributed by atoms with van der Waals surface area (Å²) in [5.74, 6) is -0.0110. The minimum absolute atomic E-state index is 0.0110. The molecule has 2 aromatic heterocycles. The molecule has 1 aliphatic rings. The Morgan fingerprint density at radius 2 is 2.00 bits per heavy atom. The molecular weight excluding hydrogens is 368 g/mol. The lowest BCUT2D eigenvalue weighted by molar-refractivity contribution is 0.00166. The number of benzene rings is 2. The molecule has 1 aliphatic heterocycles. The molecule has 1 N–H and O–H groups in total. The van der Waals surface area contributed by atoms with Crippen LogP contribution in [0, 0.1) is 0 Å². The van der Waals surface area contributed by atoms with E-state index in [0.29, 0.717) is 11.3 Å². The Bertz CT molecular complexity index is 1160. The first-order valence-electron chi connectivity index (χ1n) is 9.54. The number of hydrogen-bond donors (Lipinski definition) is 1. The predicted molar refractivity (Wildman–Crippen MR) is 108 cm³/mol. The van der Waals surface area contributed by atoms with Gasteiger partial charge >= 0.3 is 0 Å². The van der Waals surface area contributed by atoms with Crippen molar-refractivity contribution in [1.82, 2.24) is 30.1 Å². The number of para-hydroxylation sites is 1. The summed E-state index contributed by atoms with van der Waals surface area (Å²) in [6, 6.07) is 15.3. The highest BCUT2D eigenvalue weighted by Crippen LogP contribution is 2.25. The Labute approximate surface area is 167 Å². The summed E-state index contributed by atoms with van der Waals surface area (Å²) in [4.78, 5) is 14.5. The number of likely N-dealkylation sites (tertiary alicyclic amines) is 1. The highest BCUT2D eigenvalue weighted by molar-refractivity contribution is 5.94. The molecule has 0 bridgehead atoms. The van der Waals surface area contributed by atoms with Crippen molar-refractivity contribution in [2.75, 3.05) is 13.7 Å². The van der Waals surface area contributed by atoms with Gasteiger partial charge < -0.3 is 9.64 Å². The fraction of sp³-hybridized carbons (Fsp3) is 0.238. The molecular formula is C21H20N6O2. The summed E-state index contributed by atoms with van der Waals surface area (Å²) in [5.41, 5.74) is 3.86. The highest BCUT2D eigenvalue weighted by atomic mass is 16.5. The van der Waals surface area contributed by atoms with Gasteiger partial charge in [0.2, 0.25) is 0 Å². The van der Waals surface area contributed by atoms with Crippen LogP contribution in [-0.2, 0) is 4.74 Å². The number of H-pyrrole nitrogens is 1. The topological polar surface area (TPSA) is 88.9 Å². The maximum atomic E-state index is 12.7. The standard InChI is InChI=1S/C21H20N6O2/c1-29-19-7-4-12-26(19)21(28)14-8-10-15(11-9-14)27-13-18(23-25-27)20-16-5-2-3-6-17(16)22-24-20/h2-3,5-6,8-11,13,19H,4,7,12H2,1H3,(H,22,24)/t19-/m0/s1. The van der Waals surface area contributed by atoms with E-state index < -0.39 is 0 Å². The number of ether oxygens (including phenoxy) is 1. The fourth-order valence-electron chi connectivity index (χ4n) is 3.79. The Morgan fingerprint density at radius 3 is 2.83 bits per heavy atom. The second kappa shape index (κ2) is 7.14. The van der Waals surface area contributed by atoms with E-state index in [4.69, 9.17) is 4.74 Å². The van der Waals surface area contributed by atoms with Crippen LogP contribution in [-0.4, -0.2) is 55.9 Å². The molecule has 8 nitrogen and oxygen atoms in total. The number of hydrogen-bond acceptors (Lipinski definition) is 5. The number of rotatable bonds is 4. The average molecular weight is 388 g/mol. The molecule has 0 radical (unpaired) electrons. The summed E-state index contributed by atoms with van der Waals surface area (Å²) in [7, 11) is 1.64. The first-order chi connectivity index (χ1) is 14.2. The predicted octanol–water partition coefficient (Wildman–Crippen LogP) is 3.02. The molecule has 29 heavy (non-hydrogen) atoms. The van der Waals surface area contributed by atoms with Gasteiger partial charge in [0.15, 0.2) is 0 Å². The van der Waals surface area contributed by atoms with E-state index in [1.807, 2.05) is 54.7 Å². The van der Waals surface area contributed by atoms with E-state index in [2.05, 4.69) is 20.5 Å². The first kappa shape index (κ1) is 17.6. The number of fused-ring (bicyclic) bond motifs is 1.